The molecule has 0 saturated carbocycles. The molecule has 0 unspecified atom stereocenters. The van der Waals surface area contributed by atoms with Gasteiger partial charge in [0.25, 0.3) is 0 Å². The molecule has 0 amide bonds. The van der Waals surface area contributed by atoms with Crippen molar-refractivity contribution in [2.24, 2.45) is 0 Å². The van der Waals surface area contributed by atoms with Gasteiger partial charge in [0.1, 0.15) is 5.75 Å². The summed E-state index contributed by atoms with van der Waals surface area (Å²) < 4.78 is 5.79. The molecule has 1 aliphatic rings. The van der Waals surface area contributed by atoms with Crippen LogP contribution in [0.2, 0.25) is 0 Å². The summed E-state index contributed by atoms with van der Waals surface area (Å²) >= 11 is 0. The van der Waals surface area contributed by atoms with Crippen molar-refractivity contribution in [1.29, 1.82) is 0 Å². The molecule has 1 aliphatic heterocycles. The van der Waals surface area contributed by atoms with Gasteiger partial charge in [-0.3, -0.25) is 0 Å². The minimum absolute atomic E-state index is 0.801. The minimum atomic E-state index is 0.801. The van der Waals surface area contributed by atoms with Crippen molar-refractivity contribution < 1.29 is 4.74 Å². The van der Waals surface area contributed by atoms with E-state index in [0.717, 1.165) is 44.0 Å². The van der Waals surface area contributed by atoms with Gasteiger partial charge in [0.15, 0.2) is 0 Å². The van der Waals surface area contributed by atoms with Crippen molar-refractivity contribution >= 4 is 11.4 Å². The molecule has 2 aromatic rings. The molecule has 0 fully saturated rings. The smallest absolute Gasteiger partial charge is 0.142 e. The molecule has 1 heterocycles. The van der Waals surface area contributed by atoms with E-state index in [2.05, 4.69) is 35.2 Å². The average Bonchev–Trinajstić information content (AvgIpc) is 2.69. The molecule has 3 nitrogen and oxygen atoms in total. The van der Waals surface area contributed by atoms with E-state index in [4.69, 9.17) is 10.5 Å². The number of rotatable bonds is 3. The average molecular weight is 268 g/mol. The molecule has 0 spiro atoms. The summed E-state index contributed by atoms with van der Waals surface area (Å²) in [6.45, 7) is 2.85. The molecule has 20 heavy (non-hydrogen) atoms. The van der Waals surface area contributed by atoms with Crippen LogP contribution < -0.4 is 15.4 Å². The van der Waals surface area contributed by atoms with Crippen molar-refractivity contribution in [2.45, 2.75) is 12.8 Å². The number of hydrogen-bond donors (Lipinski definition) is 1. The van der Waals surface area contributed by atoms with Gasteiger partial charge in [-0.05, 0) is 42.7 Å². The summed E-state index contributed by atoms with van der Waals surface area (Å²) in [6.07, 6.45) is 2.09. The Morgan fingerprint density at radius 1 is 1.05 bits per heavy atom. The van der Waals surface area contributed by atoms with E-state index in [-0.39, 0.29) is 0 Å². The summed E-state index contributed by atoms with van der Waals surface area (Å²) in [5.41, 5.74) is 9.07. The third-order valence-electron chi connectivity index (χ3n) is 3.69. The lowest BCUT2D eigenvalue weighted by molar-refractivity contribution is 0.322. The number of para-hydroxylation sites is 2. The lowest BCUT2D eigenvalue weighted by atomic mass is 10.1. The first kappa shape index (κ1) is 12.9. The molecule has 2 aromatic carbocycles. The second kappa shape index (κ2) is 5.87. The van der Waals surface area contributed by atoms with Crippen LogP contribution in [0, 0.1) is 0 Å². The van der Waals surface area contributed by atoms with Crippen LogP contribution in [-0.4, -0.2) is 19.7 Å². The van der Waals surface area contributed by atoms with Gasteiger partial charge >= 0.3 is 0 Å². The van der Waals surface area contributed by atoms with Gasteiger partial charge in [-0.25, -0.2) is 0 Å². The van der Waals surface area contributed by atoms with Crippen LogP contribution in [0.25, 0.3) is 0 Å². The van der Waals surface area contributed by atoms with E-state index in [0.29, 0.717) is 0 Å². The van der Waals surface area contributed by atoms with Gasteiger partial charge in [0.2, 0.25) is 0 Å². The predicted octanol–water partition coefficient (Wildman–Crippen LogP) is 3.10. The maximum absolute atomic E-state index is 5.79. The Bertz CT molecular complexity index is 565. The van der Waals surface area contributed by atoms with Crippen LogP contribution in [0.15, 0.2) is 48.5 Å². The number of ether oxygens (including phenoxy) is 1. The van der Waals surface area contributed by atoms with Crippen molar-refractivity contribution in [3.05, 3.63) is 54.1 Å². The number of nitrogens with zero attached hydrogens (tertiary/aromatic N) is 1. The summed E-state index contributed by atoms with van der Waals surface area (Å²) in [6, 6.07) is 16.4. The van der Waals surface area contributed by atoms with E-state index >= 15 is 0 Å². The molecule has 0 aromatic heterocycles. The molecule has 3 heteroatoms. The molecular weight excluding hydrogens is 248 g/mol. The molecule has 0 radical (unpaired) electrons. The normalized spacial score (nSPS) is 14.3. The number of fused-ring (bicyclic) bond motifs is 1. The summed E-state index contributed by atoms with van der Waals surface area (Å²) in [7, 11) is 0. The Hall–Kier alpha value is -2.16. The number of hydrogen-bond acceptors (Lipinski definition) is 3. The van der Waals surface area contributed by atoms with E-state index in [9.17, 15) is 0 Å². The van der Waals surface area contributed by atoms with Crippen LogP contribution in [0.4, 0.5) is 11.4 Å². The fourth-order valence-electron chi connectivity index (χ4n) is 2.58. The Labute approximate surface area is 120 Å². The SMILES string of the molecule is Nc1ccc(CCN2CCCOc3ccccc32)cc1. The lowest BCUT2D eigenvalue weighted by Crippen LogP contribution is -2.26. The second-order valence-corrected chi connectivity index (χ2v) is 5.15. The summed E-state index contributed by atoms with van der Waals surface area (Å²) in [4.78, 5) is 2.42. The van der Waals surface area contributed by atoms with Gasteiger partial charge in [0.05, 0.1) is 12.3 Å². The van der Waals surface area contributed by atoms with Crippen LogP contribution in [0.5, 0.6) is 5.75 Å². The topological polar surface area (TPSA) is 38.5 Å². The largest absolute Gasteiger partial charge is 0.491 e. The van der Waals surface area contributed by atoms with Gasteiger partial charge in [-0.1, -0.05) is 24.3 Å². The Morgan fingerprint density at radius 2 is 1.85 bits per heavy atom. The quantitative estimate of drug-likeness (QED) is 0.869. The van der Waals surface area contributed by atoms with Crippen LogP contribution in [0.3, 0.4) is 0 Å². The van der Waals surface area contributed by atoms with Crippen molar-refractivity contribution in [3.63, 3.8) is 0 Å². The van der Waals surface area contributed by atoms with Crippen molar-refractivity contribution in [2.75, 3.05) is 30.3 Å². The zero-order valence-electron chi connectivity index (χ0n) is 11.6. The maximum Gasteiger partial charge on any atom is 0.142 e. The highest BCUT2D eigenvalue weighted by Crippen LogP contribution is 2.30. The zero-order chi connectivity index (χ0) is 13.8. The number of anilines is 2. The second-order valence-electron chi connectivity index (χ2n) is 5.15. The third-order valence-corrected chi connectivity index (χ3v) is 3.69. The van der Waals surface area contributed by atoms with Crippen molar-refractivity contribution in [1.82, 2.24) is 0 Å². The van der Waals surface area contributed by atoms with Gasteiger partial charge in [-0.15, -0.1) is 0 Å². The summed E-state index contributed by atoms with van der Waals surface area (Å²) in [5.74, 6) is 1.00. The first-order valence-electron chi connectivity index (χ1n) is 7.14. The number of nitrogen functional groups attached to an aromatic ring is 1. The molecule has 3 rings (SSSR count). The predicted molar refractivity (Wildman–Crippen MR) is 83.3 cm³/mol. The monoisotopic (exact) mass is 268 g/mol. The van der Waals surface area contributed by atoms with E-state index in [1.54, 1.807) is 0 Å². The highest BCUT2D eigenvalue weighted by molar-refractivity contribution is 5.59. The highest BCUT2D eigenvalue weighted by atomic mass is 16.5. The Kier molecular flexibility index (Phi) is 3.77. The molecule has 2 N–H and O–H groups in total. The molecule has 104 valence electrons. The van der Waals surface area contributed by atoms with Crippen LogP contribution in [-0.2, 0) is 6.42 Å². The number of nitrogens with two attached hydrogens (primary N) is 1. The standard InChI is InChI=1S/C17H20N2O/c18-15-8-6-14(7-9-15)10-12-19-11-3-13-20-17-5-2-1-4-16(17)19/h1-2,4-9H,3,10-13,18H2. The Balaban J connectivity index is 1.72. The van der Waals surface area contributed by atoms with E-state index < -0.39 is 0 Å². The third kappa shape index (κ3) is 2.87. The van der Waals surface area contributed by atoms with Gasteiger partial charge in [-0.2, -0.15) is 0 Å². The van der Waals surface area contributed by atoms with Gasteiger partial charge < -0.3 is 15.4 Å². The first-order chi connectivity index (χ1) is 9.83. The molecule has 0 bridgehead atoms. The van der Waals surface area contributed by atoms with E-state index in [1.165, 1.54) is 11.3 Å². The molecular formula is C17H20N2O. The summed E-state index contributed by atoms with van der Waals surface area (Å²) in [5, 5.41) is 0. The van der Waals surface area contributed by atoms with E-state index in [1.807, 2.05) is 18.2 Å². The maximum atomic E-state index is 5.79. The highest BCUT2D eigenvalue weighted by Gasteiger charge is 2.15. The Morgan fingerprint density at radius 3 is 2.70 bits per heavy atom. The van der Waals surface area contributed by atoms with Crippen LogP contribution in [0.1, 0.15) is 12.0 Å². The fourth-order valence-corrected chi connectivity index (χ4v) is 2.58. The fraction of sp³-hybridized carbons (Fsp3) is 0.294. The first-order valence-corrected chi connectivity index (χ1v) is 7.14. The van der Waals surface area contributed by atoms with Crippen LogP contribution >= 0.6 is 0 Å². The molecule has 0 saturated heterocycles. The van der Waals surface area contributed by atoms with Gasteiger partial charge in [0, 0.05) is 18.8 Å². The molecule has 0 aliphatic carbocycles. The molecule has 0 atom stereocenters. The van der Waals surface area contributed by atoms with Crippen molar-refractivity contribution in [3.8, 4) is 5.75 Å². The number of benzene rings is 2. The zero-order valence-corrected chi connectivity index (χ0v) is 11.6. The minimum Gasteiger partial charge on any atom is -0.491 e. The lowest BCUT2D eigenvalue weighted by Gasteiger charge is -2.23.